The lowest BCUT2D eigenvalue weighted by Crippen LogP contribution is -2.25. The molecule has 0 amide bonds. The van der Waals surface area contributed by atoms with Crippen molar-refractivity contribution in [3.05, 3.63) is 15.6 Å². The summed E-state index contributed by atoms with van der Waals surface area (Å²) in [6, 6.07) is 0.192. The van der Waals surface area contributed by atoms with Gasteiger partial charge in [-0.3, -0.25) is 0 Å². The molecule has 0 aliphatic heterocycles. The summed E-state index contributed by atoms with van der Waals surface area (Å²) in [7, 11) is 0. The summed E-state index contributed by atoms with van der Waals surface area (Å²) in [5.41, 5.74) is 7.29. The van der Waals surface area contributed by atoms with E-state index in [1.807, 2.05) is 11.3 Å². The van der Waals surface area contributed by atoms with Crippen molar-refractivity contribution in [2.45, 2.75) is 45.6 Å². The standard InChI is InChI=1S/C13H23N3S/c1-3-16(4-2)9-8-12-15-13-10(14)6-5-7-11(13)17-12/h10H,3-9,14H2,1-2H3. The topological polar surface area (TPSA) is 42.2 Å². The first-order valence-electron chi connectivity index (χ1n) is 6.71. The number of aromatic nitrogens is 1. The Bertz CT molecular complexity index is 358. The molecule has 4 heteroatoms. The monoisotopic (exact) mass is 253 g/mol. The molecular formula is C13H23N3S. The Kier molecular flexibility index (Phi) is 4.54. The lowest BCUT2D eigenvalue weighted by atomic mass is 9.99. The third kappa shape index (κ3) is 3.06. The Morgan fingerprint density at radius 3 is 2.82 bits per heavy atom. The van der Waals surface area contributed by atoms with Crippen LogP contribution in [0.1, 0.15) is 48.3 Å². The zero-order valence-corrected chi connectivity index (χ0v) is 11.7. The maximum atomic E-state index is 6.10. The quantitative estimate of drug-likeness (QED) is 0.876. The van der Waals surface area contributed by atoms with Crippen molar-refractivity contribution < 1.29 is 0 Å². The van der Waals surface area contributed by atoms with Gasteiger partial charge in [-0.25, -0.2) is 4.98 Å². The number of nitrogens with zero attached hydrogens (tertiary/aromatic N) is 2. The molecule has 1 aliphatic carbocycles. The van der Waals surface area contributed by atoms with Crippen molar-refractivity contribution in [3.63, 3.8) is 0 Å². The van der Waals surface area contributed by atoms with Crippen LogP contribution in [-0.4, -0.2) is 29.5 Å². The Labute approximate surface area is 108 Å². The van der Waals surface area contributed by atoms with Gasteiger partial charge in [0.25, 0.3) is 0 Å². The SMILES string of the molecule is CCN(CC)CCc1nc2c(s1)CCCC2N. The van der Waals surface area contributed by atoms with Crippen molar-refractivity contribution in [3.8, 4) is 0 Å². The number of fused-ring (bicyclic) bond motifs is 1. The van der Waals surface area contributed by atoms with Crippen molar-refractivity contribution in [1.82, 2.24) is 9.88 Å². The van der Waals surface area contributed by atoms with Crippen LogP contribution in [0.4, 0.5) is 0 Å². The highest BCUT2D eigenvalue weighted by Gasteiger charge is 2.21. The van der Waals surface area contributed by atoms with Gasteiger partial charge in [-0.1, -0.05) is 13.8 Å². The van der Waals surface area contributed by atoms with E-state index in [-0.39, 0.29) is 6.04 Å². The molecule has 1 aromatic heterocycles. The molecule has 1 aromatic rings. The van der Waals surface area contributed by atoms with Crippen LogP contribution in [0.15, 0.2) is 0 Å². The molecule has 0 bridgehead atoms. The first kappa shape index (κ1) is 13.0. The first-order valence-corrected chi connectivity index (χ1v) is 7.52. The normalized spacial score (nSPS) is 19.6. The molecule has 0 saturated carbocycles. The zero-order chi connectivity index (χ0) is 12.3. The van der Waals surface area contributed by atoms with E-state index >= 15 is 0 Å². The van der Waals surface area contributed by atoms with E-state index in [2.05, 4.69) is 18.7 Å². The second kappa shape index (κ2) is 5.94. The fourth-order valence-corrected chi connectivity index (χ4v) is 3.57. The van der Waals surface area contributed by atoms with Gasteiger partial charge in [-0.15, -0.1) is 11.3 Å². The van der Waals surface area contributed by atoms with Gasteiger partial charge in [0.2, 0.25) is 0 Å². The van der Waals surface area contributed by atoms with Gasteiger partial charge >= 0.3 is 0 Å². The number of hydrogen-bond acceptors (Lipinski definition) is 4. The maximum Gasteiger partial charge on any atom is 0.0944 e. The third-order valence-electron chi connectivity index (χ3n) is 3.58. The van der Waals surface area contributed by atoms with Crippen LogP contribution in [0.2, 0.25) is 0 Å². The van der Waals surface area contributed by atoms with E-state index in [9.17, 15) is 0 Å². The molecule has 1 aliphatic rings. The minimum atomic E-state index is 0.192. The summed E-state index contributed by atoms with van der Waals surface area (Å²) in [4.78, 5) is 8.63. The summed E-state index contributed by atoms with van der Waals surface area (Å²) >= 11 is 1.88. The average Bonchev–Trinajstić information content (AvgIpc) is 2.75. The summed E-state index contributed by atoms with van der Waals surface area (Å²) in [5, 5.41) is 1.28. The van der Waals surface area contributed by atoms with Crippen LogP contribution in [0, 0.1) is 0 Å². The Hall–Kier alpha value is -0.450. The third-order valence-corrected chi connectivity index (χ3v) is 4.77. The molecule has 96 valence electrons. The molecular weight excluding hydrogens is 230 g/mol. The molecule has 0 saturated heterocycles. The molecule has 17 heavy (non-hydrogen) atoms. The number of aryl methyl sites for hydroxylation is 1. The van der Waals surface area contributed by atoms with Crippen molar-refractivity contribution in [2.75, 3.05) is 19.6 Å². The highest BCUT2D eigenvalue weighted by molar-refractivity contribution is 7.11. The van der Waals surface area contributed by atoms with Crippen LogP contribution in [-0.2, 0) is 12.8 Å². The second-order valence-corrected chi connectivity index (χ2v) is 5.86. The number of likely N-dealkylation sites (N-methyl/N-ethyl adjacent to an activating group) is 1. The van der Waals surface area contributed by atoms with E-state index in [4.69, 9.17) is 10.7 Å². The average molecular weight is 253 g/mol. The van der Waals surface area contributed by atoms with Crippen LogP contribution >= 0.6 is 11.3 Å². The Morgan fingerprint density at radius 2 is 2.18 bits per heavy atom. The van der Waals surface area contributed by atoms with Crippen LogP contribution in [0.25, 0.3) is 0 Å². The summed E-state index contributed by atoms with van der Waals surface area (Å²) < 4.78 is 0. The lowest BCUT2D eigenvalue weighted by Gasteiger charge is -2.16. The summed E-state index contributed by atoms with van der Waals surface area (Å²) in [6.45, 7) is 7.80. The van der Waals surface area contributed by atoms with Crippen molar-refractivity contribution in [1.29, 1.82) is 0 Å². The Morgan fingerprint density at radius 1 is 1.41 bits per heavy atom. The fraction of sp³-hybridized carbons (Fsp3) is 0.769. The molecule has 0 spiro atoms. The molecule has 0 aromatic carbocycles. The van der Waals surface area contributed by atoms with E-state index in [0.717, 1.165) is 32.5 Å². The molecule has 3 nitrogen and oxygen atoms in total. The number of nitrogens with two attached hydrogens (primary N) is 1. The second-order valence-electron chi connectivity index (χ2n) is 4.69. The van der Waals surface area contributed by atoms with Crippen LogP contribution < -0.4 is 5.73 Å². The highest BCUT2D eigenvalue weighted by atomic mass is 32.1. The molecule has 1 atom stereocenters. The van der Waals surface area contributed by atoms with E-state index in [1.54, 1.807) is 0 Å². The lowest BCUT2D eigenvalue weighted by molar-refractivity contribution is 0.307. The van der Waals surface area contributed by atoms with Gasteiger partial charge in [-0.2, -0.15) is 0 Å². The smallest absolute Gasteiger partial charge is 0.0944 e. The first-order chi connectivity index (χ1) is 8.24. The molecule has 1 unspecified atom stereocenters. The van der Waals surface area contributed by atoms with Gasteiger partial charge in [0, 0.05) is 23.9 Å². The van der Waals surface area contributed by atoms with E-state index in [0.29, 0.717) is 0 Å². The van der Waals surface area contributed by atoms with Crippen molar-refractivity contribution >= 4 is 11.3 Å². The number of rotatable bonds is 5. The number of thiazole rings is 1. The summed E-state index contributed by atoms with van der Waals surface area (Å²) in [5.74, 6) is 0. The molecule has 1 heterocycles. The fourth-order valence-electron chi connectivity index (χ4n) is 2.40. The number of hydrogen-bond donors (Lipinski definition) is 1. The van der Waals surface area contributed by atoms with Gasteiger partial charge in [0.05, 0.1) is 10.7 Å². The van der Waals surface area contributed by atoms with E-state index < -0.39 is 0 Å². The minimum Gasteiger partial charge on any atom is -0.323 e. The highest BCUT2D eigenvalue weighted by Crippen LogP contribution is 2.31. The predicted octanol–water partition coefficient (Wildman–Crippen LogP) is 2.36. The van der Waals surface area contributed by atoms with Crippen LogP contribution in [0.5, 0.6) is 0 Å². The molecule has 0 fully saturated rings. The van der Waals surface area contributed by atoms with Gasteiger partial charge in [0.1, 0.15) is 0 Å². The predicted molar refractivity (Wildman–Crippen MR) is 73.5 cm³/mol. The van der Waals surface area contributed by atoms with Crippen molar-refractivity contribution in [2.24, 2.45) is 5.73 Å². The minimum absolute atomic E-state index is 0.192. The van der Waals surface area contributed by atoms with E-state index in [1.165, 1.54) is 28.4 Å². The maximum absolute atomic E-state index is 6.10. The van der Waals surface area contributed by atoms with Crippen LogP contribution in [0.3, 0.4) is 0 Å². The summed E-state index contributed by atoms with van der Waals surface area (Å²) in [6.07, 6.45) is 4.59. The van der Waals surface area contributed by atoms with Gasteiger partial charge < -0.3 is 10.6 Å². The van der Waals surface area contributed by atoms with Gasteiger partial charge in [0.15, 0.2) is 0 Å². The van der Waals surface area contributed by atoms with Gasteiger partial charge in [-0.05, 0) is 32.4 Å². The molecule has 0 radical (unpaired) electrons. The largest absolute Gasteiger partial charge is 0.323 e. The Balaban J connectivity index is 1.98. The molecule has 2 rings (SSSR count). The molecule has 2 N–H and O–H groups in total. The zero-order valence-electron chi connectivity index (χ0n) is 10.9.